The molecule has 0 unspecified atom stereocenters. The van der Waals surface area contributed by atoms with Crippen LogP contribution in [-0.2, 0) is 4.79 Å². The van der Waals surface area contributed by atoms with Gasteiger partial charge in [0.05, 0.1) is 10.6 Å². The summed E-state index contributed by atoms with van der Waals surface area (Å²) >= 11 is 5.81. The molecule has 1 fully saturated rings. The van der Waals surface area contributed by atoms with Gasteiger partial charge in [-0.3, -0.25) is 9.59 Å². The second-order valence-electron chi connectivity index (χ2n) is 7.26. The summed E-state index contributed by atoms with van der Waals surface area (Å²) in [7, 11) is 0. The molecule has 1 aliphatic heterocycles. The number of amides is 1. The number of carbonyl (C=O) groups is 2. The van der Waals surface area contributed by atoms with Gasteiger partial charge >= 0.3 is 0 Å². The van der Waals surface area contributed by atoms with Gasteiger partial charge in [-0.25, -0.2) is 4.98 Å². The van der Waals surface area contributed by atoms with Crippen molar-refractivity contribution >= 4 is 23.3 Å². The Morgan fingerprint density at radius 1 is 1.42 bits per heavy atom. The van der Waals surface area contributed by atoms with Gasteiger partial charge in [0, 0.05) is 30.1 Å². The van der Waals surface area contributed by atoms with Gasteiger partial charge in [0.2, 0.25) is 0 Å². The predicted molar refractivity (Wildman–Crippen MR) is 89.3 cm³/mol. The molecule has 1 aromatic rings. The van der Waals surface area contributed by atoms with Gasteiger partial charge in [-0.2, -0.15) is 5.26 Å². The van der Waals surface area contributed by atoms with E-state index >= 15 is 0 Å². The molecule has 3 rings (SSSR count). The van der Waals surface area contributed by atoms with E-state index in [1.54, 1.807) is 23.1 Å². The van der Waals surface area contributed by atoms with Crippen molar-refractivity contribution in [3.05, 3.63) is 40.7 Å². The Hall–Kier alpha value is -2.19. The van der Waals surface area contributed by atoms with E-state index in [1.165, 1.54) is 6.20 Å². The zero-order valence-corrected chi connectivity index (χ0v) is 14.4. The van der Waals surface area contributed by atoms with Crippen molar-refractivity contribution in [2.45, 2.75) is 26.7 Å². The van der Waals surface area contributed by atoms with Crippen LogP contribution in [0, 0.1) is 22.2 Å². The van der Waals surface area contributed by atoms with Crippen LogP contribution in [-0.4, -0.2) is 34.7 Å². The lowest BCUT2D eigenvalue weighted by Gasteiger charge is -2.38. The first-order valence-electron chi connectivity index (χ1n) is 7.85. The normalized spacial score (nSPS) is 25.5. The standard InChI is InChI=1S/C18H18ClN3O2/c1-17(2)10-18(7-12(8-20)15(17)23)5-6-22(11-18)16(24)14-4-3-13(19)9-21-14/h3-4,7,9H,5-6,10-11H2,1-2H3/t18-/m0/s1. The summed E-state index contributed by atoms with van der Waals surface area (Å²) in [6.07, 6.45) is 4.62. The molecular weight excluding hydrogens is 326 g/mol. The average Bonchev–Trinajstić information content (AvgIpc) is 2.94. The number of hydrogen-bond donors (Lipinski definition) is 0. The summed E-state index contributed by atoms with van der Waals surface area (Å²) in [6, 6.07) is 5.28. The first kappa shape index (κ1) is 16.7. The Bertz CT molecular complexity index is 776. The number of halogens is 1. The monoisotopic (exact) mass is 343 g/mol. The summed E-state index contributed by atoms with van der Waals surface area (Å²) in [5, 5.41) is 9.76. The number of ketones is 1. The predicted octanol–water partition coefficient (Wildman–Crippen LogP) is 3.02. The van der Waals surface area contributed by atoms with E-state index in [1.807, 2.05) is 19.9 Å². The molecule has 1 aliphatic carbocycles. The Balaban J connectivity index is 1.85. The van der Waals surface area contributed by atoms with E-state index in [-0.39, 0.29) is 22.7 Å². The van der Waals surface area contributed by atoms with Gasteiger partial charge in [0.25, 0.3) is 5.91 Å². The fourth-order valence-electron chi connectivity index (χ4n) is 3.83. The van der Waals surface area contributed by atoms with Crippen molar-refractivity contribution in [2.24, 2.45) is 10.8 Å². The van der Waals surface area contributed by atoms with Crippen LogP contribution in [0.1, 0.15) is 37.2 Å². The molecule has 24 heavy (non-hydrogen) atoms. The largest absolute Gasteiger partial charge is 0.336 e. The number of nitrogens with zero attached hydrogens (tertiary/aromatic N) is 3. The van der Waals surface area contributed by atoms with Gasteiger partial charge in [-0.05, 0) is 25.0 Å². The third kappa shape index (κ3) is 2.83. The van der Waals surface area contributed by atoms with Crippen molar-refractivity contribution in [2.75, 3.05) is 13.1 Å². The van der Waals surface area contributed by atoms with Crippen LogP contribution in [0.15, 0.2) is 30.0 Å². The minimum Gasteiger partial charge on any atom is -0.336 e. The zero-order chi connectivity index (χ0) is 17.5. The smallest absolute Gasteiger partial charge is 0.272 e. The third-order valence-electron chi connectivity index (χ3n) is 4.84. The third-order valence-corrected chi connectivity index (χ3v) is 5.07. The van der Waals surface area contributed by atoms with Gasteiger partial charge in [0.15, 0.2) is 5.78 Å². The molecule has 1 amide bonds. The molecule has 0 bridgehead atoms. The minimum atomic E-state index is -0.586. The number of aromatic nitrogens is 1. The van der Waals surface area contributed by atoms with Crippen LogP contribution >= 0.6 is 11.6 Å². The number of rotatable bonds is 1. The van der Waals surface area contributed by atoms with Crippen molar-refractivity contribution < 1.29 is 9.59 Å². The molecule has 124 valence electrons. The molecule has 0 aromatic carbocycles. The van der Waals surface area contributed by atoms with E-state index in [9.17, 15) is 14.9 Å². The van der Waals surface area contributed by atoms with Gasteiger partial charge in [-0.15, -0.1) is 0 Å². The highest BCUT2D eigenvalue weighted by Gasteiger charge is 2.48. The second-order valence-corrected chi connectivity index (χ2v) is 7.70. The van der Waals surface area contributed by atoms with Crippen LogP contribution < -0.4 is 0 Å². The number of nitriles is 1. The molecule has 0 N–H and O–H groups in total. The number of Topliss-reactive ketones (excluding diaryl/α,β-unsaturated/α-hetero) is 1. The number of likely N-dealkylation sites (tertiary alicyclic amines) is 1. The molecule has 1 saturated heterocycles. The molecule has 1 aromatic heterocycles. The number of allylic oxidation sites excluding steroid dienone is 1. The minimum absolute atomic E-state index is 0.111. The molecule has 2 aliphatic rings. The summed E-state index contributed by atoms with van der Waals surface area (Å²) in [5.41, 5.74) is -0.334. The summed E-state index contributed by atoms with van der Waals surface area (Å²) < 4.78 is 0. The Labute approximate surface area is 145 Å². The van der Waals surface area contributed by atoms with Crippen LogP contribution in [0.3, 0.4) is 0 Å². The molecule has 1 spiro atoms. The Morgan fingerprint density at radius 2 is 2.17 bits per heavy atom. The SMILES string of the molecule is CC1(C)C[C@@]2(C=C(C#N)C1=O)CCN(C(=O)c1ccc(Cl)cn1)C2. The molecule has 0 radical (unpaired) electrons. The van der Waals surface area contributed by atoms with Crippen LogP contribution in [0.5, 0.6) is 0 Å². The van der Waals surface area contributed by atoms with Gasteiger partial charge in [0.1, 0.15) is 11.8 Å². The van der Waals surface area contributed by atoms with Crippen LogP contribution in [0.4, 0.5) is 0 Å². The quantitative estimate of drug-likeness (QED) is 0.785. The van der Waals surface area contributed by atoms with Crippen LogP contribution in [0.2, 0.25) is 5.02 Å². The molecule has 5 nitrogen and oxygen atoms in total. The maximum Gasteiger partial charge on any atom is 0.272 e. The molecule has 0 saturated carbocycles. The number of pyridine rings is 1. The van der Waals surface area contributed by atoms with E-state index in [0.717, 1.165) is 6.42 Å². The first-order valence-corrected chi connectivity index (χ1v) is 8.23. The lowest BCUT2D eigenvalue weighted by molar-refractivity contribution is -0.125. The van der Waals surface area contributed by atoms with Crippen LogP contribution in [0.25, 0.3) is 0 Å². The molecule has 1 atom stereocenters. The van der Waals surface area contributed by atoms with E-state index < -0.39 is 5.41 Å². The molecular formula is C18H18ClN3O2. The highest BCUT2D eigenvalue weighted by atomic mass is 35.5. The van der Waals surface area contributed by atoms with E-state index in [4.69, 9.17) is 11.6 Å². The Kier molecular flexibility index (Phi) is 3.97. The van der Waals surface area contributed by atoms with Crippen molar-refractivity contribution in [1.29, 1.82) is 5.26 Å². The van der Waals surface area contributed by atoms with Crippen molar-refractivity contribution in [1.82, 2.24) is 9.88 Å². The zero-order valence-electron chi connectivity index (χ0n) is 13.7. The first-order chi connectivity index (χ1) is 11.3. The maximum atomic E-state index is 12.6. The molecule has 6 heteroatoms. The number of hydrogen-bond acceptors (Lipinski definition) is 4. The fraction of sp³-hybridized carbons (Fsp3) is 0.444. The fourth-order valence-corrected chi connectivity index (χ4v) is 3.94. The van der Waals surface area contributed by atoms with Gasteiger partial charge in [-0.1, -0.05) is 31.5 Å². The maximum absolute atomic E-state index is 12.6. The Morgan fingerprint density at radius 3 is 2.79 bits per heavy atom. The lowest BCUT2D eigenvalue weighted by atomic mass is 9.64. The van der Waals surface area contributed by atoms with Crippen molar-refractivity contribution in [3.8, 4) is 6.07 Å². The molecule has 2 heterocycles. The topological polar surface area (TPSA) is 74.1 Å². The van der Waals surface area contributed by atoms with E-state index in [2.05, 4.69) is 4.98 Å². The average molecular weight is 344 g/mol. The lowest BCUT2D eigenvalue weighted by Crippen LogP contribution is -2.40. The second kappa shape index (κ2) is 5.71. The summed E-state index contributed by atoms with van der Waals surface area (Å²) in [5.74, 6) is -0.259. The highest BCUT2D eigenvalue weighted by Crippen LogP contribution is 2.48. The highest BCUT2D eigenvalue weighted by molar-refractivity contribution is 6.30. The van der Waals surface area contributed by atoms with Gasteiger partial charge < -0.3 is 4.90 Å². The van der Waals surface area contributed by atoms with E-state index in [0.29, 0.717) is 30.2 Å². The van der Waals surface area contributed by atoms with Crippen molar-refractivity contribution in [3.63, 3.8) is 0 Å². The number of carbonyl (C=O) groups excluding carboxylic acids is 2. The summed E-state index contributed by atoms with van der Waals surface area (Å²) in [4.78, 5) is 30.7. The summed E-state index contributed by atoms with van der Waals surface area (Å²) in [6.45, 7) is 4.82.